The Kier molecular flexibility index (Phi) is 5.73. The molecule has 0 bridgehead atoms. The second-order valence-electron chi connectivity index (χ2n) is 4.28. The third kappa shape index (κ3) is 3.43. The molecule has 2 unspecified atom stereocenters. The third-order valence-corrected chi connectivity index (χ3v) is 3.03. The third-order valence-electron chi connectivity index (χ3n) is 3.03. The molecule has 0 spiro atoms. The maximum Gasteiger partial charge on any atom is 0.242 e. The summed E-state index contributed by atoms with van der Waals surface area (Å²) in [4.78, 5) is 13.7. The number of nitrogens with two attached hydrogens (primary N) is 1. The second kappa shape index (κ2) is 6.83. The summed E-state index contributed by atoms with van der Waals surface area (Å²) in [6.45, 7) is 0.945. The summed E-state index contributed by atoms with van der Waals surface area (Å²) < 4.78 is 4.88. The van der Waals surface area contributed by atoms with Crippen molar-refractivity contribution in [3.63, 3.8) is 0 Å². The van der Waals surface area contributed by atoms with Gasteiger partial charge in [0.05, 0.1) is 19.3 Å². The maximum absolute atomic E-state index is 12.0. The Hall–Kier alpha value is -0.650. The molecule has 1 fully saturated rings. The van der Waals surface area contributed by atoms with Crippen LogP contribution in [0.1, 0.15) is 25.7 Å². The van der Waals surface area contributed by atoms with Crippen molar-refractivity contribution < 1.29 is 14.6 Å². The van der Waals surface area contributed by atoms with Crippen molar-refractivity contribution in [3.8, 4) is 0 Å². The van der Waals surface area contributed by atoms with Crippen LogP contribution in [-0.2, 0) is 9.53 Å². The zero-order valence-corrected chi connectivity index (χ0v) is 9.89. The van der Waals surface area contributed by atoms with E-state index < -0.39 is 6.04 Å². The van der Waals surface area contributed by atoms with Crippen molar-refractivity contribution in [3.05, 3.63) is 0 Å². The van der Waals surface area contributed by atoms with E-state index in [2.05, 4.69) is 0 Å². The van der Waals surface area contributed by atoms with E-state index in [1.807, 2.05) is 0 Å². The number of likely N-dealkylation sites (tertiary alicyclic amines) is 1. The lowest BCUT2D eigenvalue weighted by atomic mass is 10.1. The number of methoxy groups -OCH3 is 1. The summed E-state index contributed by atoms with van der Waals surface area (Å²) in [6.07, 6.45) is 4.03. The van der Waals surface area contributed by atoms with E-state index in [4.69, 9.17) is 10.5 Å². The van der Waals surface area contributed by atoms with Crippen LogP contribution in [0, 0.1) is 0 Å². The van der Waals surface area contributed by atoms with Crippen LogP contribution in [-0.4, -0.2) is 54.9 Å². The fourth-order valence-electron chi connectivity index (χ4n) is 2.12. The van der Waals surface area contributed by atoms with Gasteiger partial charge in [0.2, 0.25) is 5.91 Å². The van der Waals surface area contributed by atoms with Crippen LogP contribution in [0.2, 0.25) is 0 Å². The molecule has 2 atom stereocenters. The number of carbonyl (C=O) groups excluding carboxylic acids is 1. The van der Waals surface area contributed by atoms with E-state index in [0.29, 0.717) is 6.54 Å². The van der Waals surface area contributed by atoms with Gasteiger partial charge in [0.1, 0.15) is 6.04 Å². The smallest absolute Gasteiger partial charge is 0.242 e. The summed E-state index contributed by atoms with van der Waals surface area (Å²) >= 11 is 0. The van der Waals surface area contributed by atoms with Crippen LogP contribution in [0.25, 0.3) is 0 Å². The van der Waals surface area contributed by atoms with Crippen LogP contribution < -0.4 is 5.73 Å². The first-order valence-electron chi connectivity index (χ1n) is 5.86. The van der Waals surface area contributed by atoms with Crippen LogP contribution in [0.5, 0.6) is 0 Å². The number of rotatable bonds is 4. The van der Waals surface area contributed by atoms with E-state index in [1.165, 1.54) is 7.11 Å². The lowest BCUT2D eigenvalue weighted by molar-refractivity contribution is -0.137. The van der Waals surface area contributed by atoms with Crippen LogP contribution in [0.4, 0.5) is 0 Å². The summed E-state index contributed by atoms with van der Waals surface area (Å²) in [5.41, 5.74) is 5.73. The number of aliphatic hydroxyl groups is 1. The number of carbonyl (C=O) groups is 1. The number of hydrogen-bond acceptors (Lipinski definition) is 4. The highest BCUT2D eigenvalue weighted by Crippen LogP contribution is 2.17. The van der Waals surface area contributed by atoms with Crippen molar-refractivity contribution in [1.29, 1.82) is 0 Å². The highest BCUT2D eigenvalue weighted by Gasteiger charge is 2.28. The molecule has 16 heavy (non-hydrogen) atoms. The molecule has 0 aromatic rings. The summed E-state index contributed by atoms with van der Waals surface area (Å²) in [6, 6.07) is -0.685. The number of hydrogen-bond donors (Lipinski definition) is 2. The Morgan fingerprint density at radius 3 is 2.94 bits per heavy atom. The maximum atomic E-state index is 12.0. The van der Waals surface area contributed by atoms with Gasteiger partial charge in [-0.2, -0.15) is 0 Å². The molecule has 0 radical (unpaired) electrons. The Morgan fingerprint density at radius 2 is 2.31 bits per heavy atom. The highest BCUT2D eigenvalue weighted by atomic mass is 16.5. The predicted octanol–water partition coefficient (Wildman–Crippen LogP) is -0.276. The first kappa shape index (κ1) is 13.4. The fraction of sp³-hybridized carbons (Fsp3) is 0.909. The molecule has 5 heteroatoms. The van der Waals surface area contributed by atoms with E-state index in [0.717, 1.165) is 25.7 Å². The second-order valence-corrected chi connectivity index (χ2v) is 4.28. The Balaban J connectivity index is 2.62. The molecule has 0 aromatic heterocycles. The number of nitrogens with zero attached hydrogens (tertiary/aromatic N) is 1. The van der Waals surface area contributed by atoms with Crippen molar-refractivity contribution in [2.24, 2.45) is 5.73 Å². The average molecular weight is 230 g/mol. The molecule has 1 aliphatic rings. The molecule has 5 nitrogen and oxygen atoms in total. The molecule has 1 rings (SSSR count). The molecule has 0 aromatic carbocycles. The number of amides is 1. The SMILES string of the molecule is COCC(N)C(=O)N1CCCCCC1CO. The summed E-state index contributed by atoms with van der Waals surface area (Å²) in [7, 11) is 1.53. The molecule has 1 amide bonds. The lowest BCUT2D eigenvalue weighted by Gasteiger charge is -2.30. The van der Waals surface area contributed by atoms with E-state index in [-0.39, 0.29) is 25.2 Å². The Morgan fingerprint density at radius 1 is 1.56 bits per heavy atom. The first-order chi connectivity index (χ1) is 7.70. The van der Waals surface area contributed by atoms with Crippen molar-refractivity contribution in [2.45, 2.75) is 37.8 Å². The van der Waals surface area contributed by atoms with Crippen molar-refractivity contribution in [2.75, 3.05) is 26.9 Å². The fourth-order valence-corrected chi connectivity index (χ4v) is 2.12. The van der Waals surface area contributed by atoms with Gasteiger partial charge >= 0.3 is 0 Å². The average Bonchev–Trinajstić information content (AvgIpc) is 2.53. The molecular formula is C11H22N2O3. The summed E-state index contributed by atoms with van der Waals surface area (Å²) in [5.74, 6) is -0.109. The van der Waals surface area contributed by atoms with Gasteiger partial charge in [0.15, 0.2) is 0 Å². The van der Waals surface area contributed by atoms with Gasteiger partial charge in [-0.15, -0.1) is 0 Å². The van der Waals surface area contributed by atoms with Gasteiger partial charge in [-0.1, -0.05) is 12.8 Å². The minimum absolute atomic E-state index is 0.0193. The zero-order valence-electron chi connectivity index (χ0n) is 9.89. The van der Waals surface area contributed by atoms with E-state index in [1.54, 1.807) is 4.90 Å². The largest absolute Gasteiger partial charge is 0.394 e. The van der Waals surface area contributed by atoms with Gasteiger partial charge in [-0.05, 0) is 12.8 Å². The zero-order chi connectivity index (χ0) is 12.0. The first-order valence-corrected chi connectivity index (χ1v) is 5.86. The van der Waals surface area contributed by atoms with Gasteiger partial charge in [0.25, 0.3) is 0 Å². The molecule has 3 N–H and O–H groups in total. The van der Waals surface area contributed by atoms with Crippen LogP contribution >= 0.6 is 0 Å². The lowest BCUT2D eigenvalue weighted by Crippen LogP contribution is -2.51. The monoisotopic (exact) mass is 230 g/mol. The molecular weight excluding hydrogens is 208 g/mol. The highest BCUT2D eigenvalue weighted by molar-refractivity contribution is 5.82. The van der Waals surface area contributed by atoms with E-state index >= 15 is 0 Å². The van der Waals surface area contributed by atoms with Gasteiger partial charge < -0.3 is 20.5 Å². The van der Waals surface area contributed by atoms with Gasteiger partial charge in [-0.25, -0.2) is 0 Å². The van der Waals surface area contributed by atoms with Crippen LogP contribution in [0.3, 0.4) is 0 Å². The van der Waals surface area contributed by atoms with Crippen LogP contribution in [0.15, 0.2) is 0 Å². The Bertz CT molecular complexity index is 223. The van der Waals surface area contributed by atoms with E-state index in [9.17, 15) is 9.90 Å². The van der Waals surface area contributed by atoms with Gasteiger partial charge in [-0.3, -0.25) is 4.79 Å². The Labute approximate surface area is 96.6 Å². The standard InChI is InChI=1S/C11H22N2O3/c1-16-8-10(12)11(15)13-6-4-2-3-5-9(13)7-14/h9-10,14H,2-8,12H2,1H3. The molecule has 1 saturated heterocycles. The minimum atomic E-state index is -0.614. The molecule has 0 saturated carbocycles. The molecule has 0 aliphatic carbocycles. The molecule has 1 aliphatic heterocycles. The van der Waals surface area contributed by atoms with Gasteiger partial charge in [0, 0.05) is 13.7 Å². The quantitative estimate of drug-likeness (QED) is 0.696. The minimum Gasteiger partial charge on any atom is -0.394 e. The predicted molar refractivity (Wildman–Crippen MR) is 60.9 cm³/mol. The normalized spacial score (nSPS) is 23.9. The summed E-state index contributed by atoms with van der Waals surface area (Å²) in [5, 5.41) is 9.28. The van der Waals surface area contributed by atoms with Crippen molar-refractivity contribution >= 4 is 5.91 Å². The number of ether oxygens (including phenoxy) is 1. The number of aliphatic hydroxyl groups excluding tert-OH is 1. The molecule has 94 valence electrons. The molecule has 1 heterocycles. The topological polar surface area (TPSA) is 75.8 Å². The van der Waals surface area contributed by atoms with Crippen molar-refractivity contribution in [1.82, 2.24) is 4.90 Å².